The molecule has 13 heteroatoms. The molecule has 1 aliphatic rings. The first-order valence-corrected chi connectivity index (χ1v) is 19.0. The third-order valence-electron chi connectivity index (χ3n) is 9.03. The third kappa shape index (κ3) is 6.97. The molecule has 3 heterocycles. The van der Waals surface area contributed by atoms with Gasteiger partial charge in [-0.3, -0.25) is 18.8 Å². The number of nitrogens with one attached hydrogen (secondary N) is 1. The van der Waals surface area contributed by atoms with Gasteiger partial charge in [-0.2, -0.15) is 0 Å². The second kappa shape index (κ2) is 14.9. The van der Waals surface area contributed by atoms with Crippen LogP contribution in [0.15, 0.2) is 134 Å². The molecule has 3 atom stereocenters. The van der Waals surface area contributed by atoms with Crippen LogP contribution >= 0.6 is 18.1 Å². The highest BCUT2D eigenvalue weighted by Gasteiger charge is 2.47. The first-order valence-electron chi connectivity index (χ1n) is 16.5. The molecule has 260 valence electrons. The minimum absolute atomic E-state index is 0.0413. The highest BCUT2D eigenvalue weighted by atomic mass is 35.7. The normalized spacial score (nSPS) is 18.0. The molecule has 1 fully saturated rings. The highest BCUT2D eigenvalue weighted by Crippen LogP contribution is 2.54. The number of aromatic nitrogens is 4. The van der Waals surface area contributed by atoms with Crippen LogP contribution in [0.5, 0.6) is 0 Å². The lowest BCUT2D eigenvalue weighted by Gasteiger charge is -2.50. The Morgan fingerprint density at radius 2 is 1.41 bits per heavy atom. The zero-order valence-electron chi connectivity index (χ0n) is 28.1. The maximum Gasteiger partial charge on any atom is 0.362 e. The average molecular weight is 722 g/mol. The first-order chi connectivity index (χ1) is 24.8. The number of rotatable bonds is 11. The van der Waals surface area contributed by atoms with Crippen molar-refractivity contribution < 1.29 is 18.6 Å². The van der Waals surface area contributed by atoms with Crippen LogP contribution in [0.25, 0.3) is 11.2 Å². The monoisotopic (exact) mass is 721 g/mol. The molecule has 0 aliphatic carbocycles. The number of carbonyl (C=O) groups is 1. The van der Waals surface area contributed by atoms with Crippen LogP contribution in [-0.4, -0.2) is 74.9 Å². The van der Waals surface area contributed by atoms with Crippen molar-refractivity contribution in [1.29, 1.82) is 0 Å². The van der Waals surface area contributed by atoms with E-state index in [9.17, 15) is 9.36 Å². The van der Waals surface area contributed by atoms with Gasteiger partial charge in [0.1, 0.15) is 12.6 Å². The van der Waals surface area contributed by atoms with Crippen molar-refractivity contribution in [3.63, 3.8) is 0 Å². The summed E-state index contributed by atoms with van der Waals surface area (Å²) in [5.41, 5.74) is 3.77. The third-order valence-corrected chi connectivity index (χ3v) is 11.7. The van der Waals surface area contributed by atoms with Gasteiger partial charge in [0.05, 0.1) is 24.6 Å². The number of ether oxygens (including phenoxy) is 1. The van der Waals surface area contributed by atoms with Gasteiger partial charge in [-0.1, -0.05) is 109 Å². The number of hydrogen-bond donors (Lipinski definition) is 1. The number of nitrogens with zero attached hydrogens (tertiary/aromatic N) is 6. The summed E-state index contributed by atoms with van der Waals surface area (Å²) in [5, 5.41) is 2.88. The Hall–Kier alpha value is -4.74. The second-order valence-electron chi connectivity index (χ2n) is 12.4. The van der Waals surface area contributed by atoms with Gasteiger partial charge in [0, 0.05) is 18.7 Å². The number of halogens is 1. The molecule has 1 N–H and O–H groups in total. The van der Waals surface area contributed by atoms with Crippen LogP contribution in [0.2, 0.25) is 0 Å². The molecule has 51 heavy (non-hydrogen) atoms. The van der Waals surface area contributed by atoms with Crippen molar-refractivity contribution >= 4 is 41.0 Å². The molecular formula is C38H37ClN7O4P. The van der Waals surface area contributed by atoms with Crippen molar-refractivity contribution in [3.05, 3.63) is 156 Å². The van der Waals surface area contributed by atoms with Crippen molar-refractivity contribution in [3.8, 4) is 0 Å². The lowest BCUT2D eigenvalue weighted by molar-refractivity contribution is -0.145. The van der Waals surface area contributed by atoms with E-state index in [1.165, 1.54) is 11.0 Å². The minimum Gasteiger partial charge on any atom is -0.350 e. The lowest BCUT2D eigenvalue weighted by Crippen LogP contribution is -2.57. The van der Waals surface area contributed by atoms with Gasteiger partial charge in [0.15, 0.2) is 17.0 Å². The van der Waals surface area contributed by atoms with E-state index in [0.717, 1.165) is 16.7 Å². The summed E-state index contributed by atoms with van der Waals surface area (Å²) in [6.07, 6.45) is 1.81. The van der Waals surface area contributed by atoms with Crippen LogP contribution in [0.4, 0.5) is 5.82 Å². The Morgan fingerprint density at radius 1 is 0.863 bits per heavy atom. The highest BCUT2D eigenvalue weighted by molar-refractivity contribution is 7.83. The largest absolute Gasteiger partial charge is 0.362 e. The van der Waals surface area contributed by atoms with Crippen LogP contribution in [-0.2, 0) is 19.4 Å². The SMILES string of the molecule is CN(C)[P@@](=O)(Cl)OC[C@@H]1CN(C(c2ccccc2)(c2ccccc2)c2ccccc2)C[C@H](n2cnc3c(NC(=O)c4ccccc4)ncnc32)O1. The van der Waals surface area contributed by atoms with Gasteiger partial charge in [0.2, 0.25) is 0 Å². The summed E-state index contributed by atoms with van der Waals surface area (Å²) in [5.74, 6) is -0.0337. The van der Waals surface area contributed by atoms with Crippen molar-refractivity contribution in [1.82, 2.24) is 29.1 Å². The van der Waals surface area contributed by atoms with Gasteiger partial charge in [0.25, 0.3) is 5.91 Å². The molecular weight excluding hydrogens is 685 g/mol. The van der Waals surface area contributed by atoms with E-state index in [4.69, 9.17) is 20.5 Å². The Balaban J connectivity index is 1.34. The van der Waals surface area contributed by atoms with E-state index >= 15 is 0 Å². The molecule has 0 unspecified atom stereocenters. The fourth-order valence-electron chi connectivity index (χ4n) is 6.64. The molecule has 6 aromatic rings. The number of imidazole rings is 1. The molecule has 2 aromatic heterocycles. The van der Waals surface area contributed by atoms with E-state index in [1.807, 2.05) is 65.2 Å². The Labute approximate surface area is 301 Å². The maximum atomic E-state index is 13.1. The summed E-state index contributed by atoms with van der Waals surface area (Å²) in [6, 6.07) is 40.0. The smallest absolute Gasteiger partial charge is 0.350 e. The number of fused-ring (bicyclic) bond motifs is 1. The fourth-order valence-corrected chi connectivity index (χ4v) is 7.39. The standard InChI is InChI=1S/C38H37ClN7O4P/c1-44(2)51(39,48)49-25-32-23-45(38(29-17-9-4-10-18-29,30-19-11-5-12-20-30)31-21-13-6-14-22-31)24-33(50-32)46-27-42-34-35(40-26-41-36(34)46)43-37(47)28-15-7-3-8-16-28/h3-22,26-27,32-33H,23-25H2,1-2H3,(H,40,41,43,47)/t32-,33+,51+/m0/s1. The molecule has 0 saturated carbocycles. The van der Waals surface area contributed by atoms with Crippen molar-refractivity contribution in [2.24, 2.45) is 0 Å². The van der Waals surface area contributed by atoms with E-state index < -0.39 is 24.7 Å². The van der Waals surface area contributed by atoms with E-state index in [0.29, 0.717) is 29.8 Å². The van der Waals surface area contributed by atoms with Gasteiger partial charge in [-0.15, -0.1) is 0 Å². The zero-order valence-corrected chi connectivity index (χ0v) is 29.8. The fraction of sp³-hybridized carbons (Fsp3) is 0.211. The number of morpholine rings is 1. The van der Waals surface area contributed by atoms with Crippen LogP contribution in [0, 0.1) is 0 Å². The Morgan fingerprint density at radius 3 is 1.96 bits per heavy atom. The Kier molecular flexibility index (Phi) is 10.1. The summed E-state index contributed by atoms with van der Waals surface area (Å²) in [4.78, 5) is 29.0. The Bertz CT molecular complexity index is 2040. The van der Waals surface area contributed by atoms with E-state index in [-0.39, 0.29) is 18.3 Å². The van der Waals surface area contributed by atoms with Gasteiger partial charge in [-0.05, 0) is 54.2 Å². The quantitative estimate of drug-likeness (QED) is 0.110. The van der Waals surface area contributed by atoms with E-state index in [2.05, 4.69) is 61.6 Å². The summed E-state index contributed by atoms with van der Waals surface area (Å²) >= 11 is 6.35. The molecule has 11 nitrogen and oxygen atoms in total. The topological polar surface area (TPSA) is 115 Å². The second-order valence-corrected chi connectivity index (χ2v) is 15.6. The summed E-state index contributed by atoms with van der Waals surface area (Å²) in [7, 11) is 3.22. The van der Waals surface area contributed by atoms with Crippen LogP contribution in [0.1, 0.15) is 33.3 Å². The number of benzene rings is 4. The zero-order chi connectivity index (χ0) is 35.4. The average Bonchev–Trinajstić information content (AvgIpc) is 3.61. The number of anilines is 1. The lowest BCUT2D eigenvalue weighted by atomic mass is 9.75. The molecule has 7 rings (SSSR count). The molecule has 1 saturated heterocycles. The molecule has 4 aromatic carbocycles. The predicted molar refractivity (Wildman–Crippen MR) is 198 cm³/mol. The van der Waals surface area contributed by atoms with E-state index in [1.54, 1.807) is 44.7 Å². The van der Waals surface area contributed by atoms with Crippen molar-refractivity contribution in [2.45, 2.75) is 17.9 Å². The van der Waals surface area contributed by atoms with Gasteiger partial charge >= 0.3 is 6.87 Å². The number of amides is 1. The molecule has 1 amide bonds. The summed E-state index contributed by atoms with van der Waals surface area (Å²) in [6.45, 7) is -2.85. The predicted octanol–water partition coefficient (Wildman–Crippen LogP) is 7.20. The first kappa shape index (κ1) is 34.7. The number of hydrogen-bond acceptors (Lipinski definition) is 8. The molecule has 1 aliphatic heterocycles. The summed E-state index contributed by atoms with van der Waals surface area (Å²) < 4.78 is 29.0. The number of carbonyl (C=O) groups excluding carboxylic acids is 1. The molecule has 0 radical (unpaired) electrons. The van der Waals surface area contributed by atoms with Crippen LogP contribution < -0.4 is 5.32 Å². The maximum absolute atomic E-state index is 13.1. The van der Waals surface area contributed by atoms with Gasteiger partial charge in [-0.25, -0.2) is 19.6 Å². The molecule has 0 bridgehead atoms. The van der Waals surface area contributed by atoms with Crippen molar-refractivity contribution in [2.75, 3.05) is 39.1 Å². The van der Waals surface area contributed by atoms with Crippen LogP contribution in [0.3, 0.4) is 0 Å². The van der Waals surface area contributed by atoms with Gasteiger partial charge < -0.3 is 14.6 Å². The molecule has 0 spiro atoms. The minimum atomic E-state index is -3.60.